The summed E-state index contributed by atoms with van der Waals surface area (Å²) in [5.41, 5.74) is 1.87. The highest BCUT2D eigenvalue weighted by atomic mass is 16.4. The van der Waals surface area contributed by atoms with Crippen LogP contribution >= 0.6 is 0 Å². The molecular weight excluding hydrogens is 266 g/mol. The first kappa shape index (κ1) is 15.3. The summed E-state index contributed by atoms with van der Waals surface area (Å²) >= 11 is 0. The normalized spacial score (nSPS) is 21.3. The van der Waals surface area contributed by atoms with Crippen LogP contribution in [0.1, 0.15) is 38.2 Å². The van der Waals surface area contributed by atoms with Crippen molar-refractivity contribution < 1.29 is 14.7 Å². The fourth-order valence-electron chi connectivity index (χ4n) is 2.59. The smallest absolute Gasteiger partial charge is 0.307 e. The fourth-order valence-corrected chi connectivity index (χ4v) is 2.59. The van der Waals surface area contributed by atoms with E-state index in [2.05, 4.69) is 19.2 Å². The van der Waals surface area contributed by atoms with E-state index in [0.717, 1.165) is 11.3 Å². The molecule has 0 saturated heterocycles. The third-order valence-electron chi connectivity index (χ3n) is 3.91. The van der Waals surface area contributed by atoms with Crippen molar-refractivity contribution in [2.75, 3.05) is 5.32 Å². The molecule has 4 nitrogen and oxygen atoms in total. The average molecular weight is 287 g/mol. The molecule has 4 heteroatoms. The first-order chi connectivity index (χ1) is 9.99. The summed E-state index contributed by atoms with van der Waals surface area (Å²) in [5, 5.41) is 12.1. The molecule has 0 unspecified atom stereocenters. The quantitative estimate of drug-likeness (QED) is 0.834. The van der Waals surface area contributed by atoms with Gasteiger partial charge in [0.05, 0.1) is 11.8 Å². The fraction of sp³-hybridized carbons (Fsp3) is 0.412. The van der Waals surface area contributed by atoms with Crippen LogP contribution in [0, 0.1) is 11.8 Å². The van der Waals surface area contributed by atoms with Crippen molar-refractivity contribution in [3.05, 3.63) is 42.0 Å². The number of anilines is 1. The molecule has 0 fully saturated rings. The van der Waals surface area contributed by atoms with E-state index in [1.807, 2.05) is 36.4 Å². The topological polar surface area (TPSA) is 66.4 Å². The lowest BCUT2D eigenvalue weighted by atomic mass is 9.82. The van der Waals surface area contributed by atoms with Crippen molar-refractivity contribution in [3.8, 4) is 0 Å². The van der Waals surface area contributed by atoms with Crippen LogP contribution in [0.4, 0.5) is 5.69 Å². The maximum atomic E-state index is 12.4. The van der Waals surface area contributed by atoms with Gasteiger partial charge in [0.2, 0.25) is 5.91 Å². The predicted molar refractivity (Wildman–Crippen MR) is 82.2 cm³/mol. The Morgan fingerprint density at radius 3 is 2.48 bits per heavy atom. The molecule has 2 N–H and O–H groups in total. The Morgan fingerprint density at radius 1 is 1.19 bits per heavy atom. The molecule has 0 heterocycles. The number of aliphatic carboxylic acids is 1. The van der Waals surface area contributed by atoms with Crippen molar-refractivity contribution in [1.29, 1.82) is 0 Å². The van der Waals surface area contributed by atoms with Gasteiger partial charge in [-0.05, 0) is 36.5 Å². The highest BCUT2D eigenvalue weighted by Crippen LogP contribution is 2.27. The molecule has 1 aliphatic carbocycles. The van der Waals surface area contributed by atoms with Crippen molar-refractivity contribution in [1.82, 2.24) is 0 Å². The number of amides is 1. The summed E-state index contributed by atoms with van der Waals surface area (Å²) in [6.07, 6.45) is 4.61. The standard InChI is InChI=1S/C17H21NO3/c1-11(2)12-6-5-7-13(10-12)18-16(19)14-8-3-4-9-15(14)17(20)21/h3-7,10-11,14-15H,8-9H2,1-2H3,(H,18,19)(H,20,21)/t14-,15+/m0/s1. The molecule has 1 amide bonds. The molecule has 0 bridgehead atoms. The zero-order chi connectivity index (χ0) is 15.4. The van der Waals surface area contributed by atoms with Gasteiger partial charge >= 0.3 is 5.97 Å². The molecule has 1 aliphatic rings. The Morgan fingerprint density at radius 2 is 1.86 bits per heavy atom. The van der Waals surface area contributed by atoms with Crippen LogP contribution in [0.2, 0.25) is 0 Å². The number of carboxylic acids is 1. The maximum Gasteiger partial charge on any atom is 0.307 e. The number of carboxylic acid groups (broad SMARTS) is 1. The molecule has 112 valence electrons. The van der Waals surface area contributed by atoms with E-state index < -0.39 is 17.8 Å². The third kappa shape index (κ3) is 3.72. The highest BCUT2D eigenvalue weighted by Gasteiger charge is 2.33. The Balaban J connectivity index is 2.11. The van der Waals surface area contributed by atoms with Gasteiger partial charge in [0.1, 0.15) is 0 Å². The SMILES string of the molecule is CC(C)c1cccc(NC(=O)[C@H]2CC=CC[C@H]2C(=O)O)c1. The summed E-state index contributed by atoms with van der Waals surface area (Å²) in [6.45, 7) is 4.18. The molecule has 0 aromatic heterocycles. The molecule has 0 aliphatic heterocycles. The Hall–Kier alpha value is -2.10. The van der Waals surface area contributed by atoms with E-state index in [1.54, 1.807) is 0 Å². The summed E-state index contributed by atoms with van der Waals surface area (Å²) in [6, 6.07) is 7.69. The van der Waals surface area contributed by atoms with Crippen molar-refractivity contribution in [2.45, 2.75) is 32.6 Å². The molecule has 21 heavy (non-hydrogen) atoms. The molecule has 1 aromatic carbocycles. The number of hydrogen-bond acceptors (Lipinski definition) is 2. The first-order valence-electron chi connectivity index (χ1n) is 7.27. The van der Waals surface area contributed by atoms with Gasteiger partial charge in [-0.2, -0.15) is 0 Å². The van der Waals surface area contributed by atoms with Gasteiger partial charge in [-0.3, -0.25) is 9.59 Å². The summed E-state index contributed by atoms with van der Waals surface area (Å²) in [7, 11) is 0. The van der Waals surface area contributed by atoms with Crippen molar-refractivity contribution in [3.63, 3.8) is 0 Å². The highest BCUT2D eigenvalue weighted by molar-refractivity contribution is 5.95. The Labute approximate surface area is 124 Å². The van der Waals surface area contributed by atoms with Crippen LogP contribution in [0.3, 0.4) is 0 Å². The number of nitrogens with one attached hydrogen (secondary N) is 1. The minimum atomic E-state index is -0.907. The second kappa shape index (κ2) is 6.57. The zero-order valence-electron chi connectivity index (χ0n) is 12.4. The van der Waals surface area contributed by atoms with Gasteiger partial charge < -0.3 is 10.4 Å². The minimum Gasteiger partial charge on any atom is -0.481 e. The van der Waals surface area contributed by atoms with Crippen LogP contribution in [0.5, 0.6) is 0 Å². The van der Waals surface area contributed by atoms with Crippen LogP contribution in [0.25, 0.3) is 0 Å². The number of benzene rings is 1. The lowest BCUT2D eigenvalue weighted by Gasteiger charge is -2.24. The largest absolute Gasteiger partial charge is 0.481 e. The monoisotopic (exact) mass is 287 g/mol. The second-order valence-electron chi connectivity index (χ2n) is 5.76. The summed E-state index contributed by atoms with van der Waals surface area (Å²) in [4.78, 5) is 23.6. The van der Waals surface area contributed by atoms with Gasteiger partial charge in [-0.25, -0.2) is 0 Å². The van der Waals surface area contributed by atoms with Crippen molar-refractivity contribution in [2.24, 2.45) is 11.8 Å². The van der Waals surface area contributed by atoms with Crippen LogP contribution in [-0.2, 0) is 9.59 Å². The van der Waals surface area contributed by atoms with E-state index in [-0.39, 0.29) is 5.91 Å². The number of carbonyl (C=O) groups excluding carboxylic acids is 1. The Kier molecular flexibility index (Phi) is 4.78. The van der Waals surface area contributed by atoms with Gasteiger partial charge in [-0.15, -0.1) is 0 Å². The van der Waals surface area contributed by atoms with E-state index in [1.165, 1.54) is 0 Å². The van der Waals surface area contributed by atoms with Crippen LogP contribution < -0.4 is 5.32 Å². The van der Waals surface area contributed by atoms with E-state index in [9.17, 15) is 14.7 Å². The summed E-state index contributed by atoms with van der Waals surface area (Å²) < 4.78 is 0. The zero-order valence-corrected chi connectivity index (χ0v) is 12.4. The number of carbonyl (C=O) groups is 2. The van der Waals surface area contributed by atoms with Crippen molar-refractivity contribution >= 4 is 17.6 Å². The molecule has 2 atom stereocenters. The first-order valence-corrected chi connectivity index (χ1v) is 7.27. The number of allylic oxidation sites excluding steroid dienone is 2. The molecule has 2 rings (SSSR count). The second-order valence-corrected chi connectivity index (χ2v) is 5.76. The number of rotatable bonds is 4. The van der Waals surface area contributed by atoms with Gasteiger partial charge in [0.15, 0.2) is 0 Å². The molecular formula is C17H21NO3. The van der Waals surface area contributed by atoms with Gasteiger partial charge in [0, 0.05) is 5.69 Å². The Bertz CT molecular complexity index is 563. The minimum absolute atomic E-state index is 0.215. The lowest BCUT2D eigenvalue weighted by Crippen LogP contribution is -2.34. The average Bonchev–Trinajstić information content (AvgIpc) is 2.47. The molecule has 0 radical (unpaired) electrons. The predicted octanol–water partition coefficient (Wildman–Crippen LogP) is 3.42. The number of hydrogen-bond donors (Lipinski definition) is 2. The van der Waals surface area contributed by atoms with E-state index in [0.29, 0.717) is 18.8 Å². The lowest BCUT2D eigenvalue weighted by molar-refractivity contribution is -0.146. The summed E-state index contributed by atoms with van der Waals surface area (Å²) in [5.74, 6) is -1.88. The maximum absolute atomic E-state index is 12.4. The molecule has 0 spiro atoms. The van der Waals surface area contributed by atoms with E-state index >= 15 is 0 Å². The molecule has 1 aromatic rings. The van der Waals surface area contributed by atoms with E-state index in [4.69, 9.17) is 0 Å². The molecule has 0 saturated carbocycles. The van der Waals surface area contributed by atoms with Crippen LogP contribution in [0.15, 0.2) is 36.4 Å². The third-order valence-corrected chi connectivity index (χ3v) is 3.91. The van der Waals surface area contributed by atoms with Crippen LogP contribution in [-0.4, -0.2) is 17.0 Å². The van der Waals surface area contributed by atoms with Gasteiger partial charge in [0.25, 0.3) is 0 Å². The van der Waals surface area contributed by atoms with Gasteiger partial charge in [-0.1, -0.05) is 38.1 Å².